The van der Waals surface area contributed by atoms with Gasteiger partial charge in [0.05, 0.1) is 41.8 Å². The van der Waals surface area contributed by atoms with Crippen LogP contribution in [0.1, 0.15) is 47.6 Å². The van der Waals surface area contributed by atoms with E-state index >= 15 is 0 Å². The molecule has 0 atom stereocenters. The molecule has 7 rings (SSSR count). The van der Waals surface area contributed by atoms with Crippen molar-refractivity contribution in [1.29, 1.82) is 0 Å². The van der Waals surface area contributed by atoms with Crippen molar-refractivity contribution in [2.45, 2.75) is 44.9 Å². The highest BCUT2D eigenvalue weighted by molar-refractivity contribution is 7.89. The van der Waals surface area contributed by atoms with Crippen molar-refractivity contribution in [1.82, 2.24) is 33.5 Å². The van der Waals surface area contributed by atoms with Gasteiger partial charge < -0.3 is 24.5 Å². The van der Waals surface area contributed by atoms with Gasteiger partial charge in [-0.1, -0.05) is 24.9 Å². The third-order valence-corrected chi connectivity index (χ3v) is 12.2. The number of hydrogen-bond donors (Lipinski definition) is 2. The Hall–Kier alpha value is -5.55. The Morgan fingerprint density at radius 3 is 2.33 bits per heavy atom. The predicted molar refractivity (Wildman–Crippen MR) is 222 cm³/mol. The first kappa shape index (κ1) is 42.1. The van der Waals surface area contributed by atoms with Crippen LogP contribution in [0.3, 0.4) is 0 Å². The molecule has 2 N–H and O–H groups in total. The Morgan fingerprint density at radius 2 is 1.69 bits per heavy atom. The zero-order valence-electron chi connectivity index (χ0n) is 33.2. The average molecular weight is 832 g/mol. The van der Waals surface area contributed by atoms with E-state index in [1.165, 1.54) is 13.6 Å². The quantitative estimate of drug-likeness (QED) is 0.167. The number of carboxylic acids is 1. The van der Waals surface area contributed by atoms with Crippen molar-refractivity contribution in [3.63, 3.8) is 0 Å². The van der Waals surface area contributed by atoms with Crippen molar-refractivity contribution >= 4 is 55.4 Å². The number of benzene rings is 3. The molecule has 58 heavy (non-hydrogen) atoms. The summed E-state index contributed by atoms with van der Waals surface area (Å²) in [7, 11) is 1.53. The molecule has 0 saturated carbocycles. The van der Waals surface area contributed by atoms with Gasteiger partial charge in [-0.05, 0) is 93.5 Å². The number of fused-ring (bicyclic) bond motifs is 2. The van der Waals surface area contributed by atoms with E-state index in [2.05, 4.69) is 15.0 Å². The number of carbonyl (C=O) groups is 2. The molecule has 4 heterocycles. The highest BCUT2D eigenvalue weighted by Crippen LogP contribution is 2.33. The van der Waals surface area contributed by atoms with Gasteiger partial charge >= 0.3 is 5.97 Å². The summed E-state index contributed by atoms with van der Waals surface area (Å²) in [4.78, 5) is 46.9. The fourth-order valence-electron chi connectivity index (χ4n) is 7.04. The molecule has 3 aromatic heterocycles. The third-order valence-electron chi connectivity index (χ3n) is 10.0. The maximum atomic E-state index is 13.3. The largest absolute Gasteiger partial charge is 0.497 e. The van der Waals surface area contributed by atoms with Gasteiger partial charge in [0.15, 0.2) is 5.52 Å². The predicted octanol–water partition coefficient (Wildman–Crippen LogP) is 5.54. The first-order valence-electron chi connectivity index (χ1n) is 18.8. The monoisotopic (exact) mass is 831 g/mol. The van der Waals surface area contributed by atoms with Crippen molar-refractivity contribution in [2.75, 3.05) is 46.9 Å². The second kappa shape index (κ2) is 17.5. The van der Waals surface area contributed by atoms with Crippen LogP contribution in [0.5, 0.6) is 11.5 Å². The van der Waals surface area contributed by atoms with Gasteiger partial charge in [-0.3, -0.25) is 23.6 Å². The van der Waals surface area contributed by atoms with Gasteiger partial charge in [-0.15, -0.1) is 0 Å². The number of aryl methyl sites for hydroxylation is 2. The first-order valence-corrected chi connectivity index (χ1v) is 20.6. The lowest BCUT2D eigenvalue weighted by Crippen LogP contribution is -2.47. The number of hydrogen-bond acceptors (Lipinski definition) is 10. The van der Waals surface area contributed by atoms with E-state index in [9.17, 15) is 27.9 Å². The summed E-state index contributed by atoms with van der Waals surface area (Å²) in [5, 5.41) is 14.9. The molecule has 0 amide bonds. The van der Waals surface area contributed by atoms with Crippen molar-refractivity contribution < 1.29 is 32.6 Å². The molecule has 0 bridgehead atoms. The summed E-state index contributed by atoms with van der Waals surface area (Å²) < 4.78 is 42.2. The standard InChI is InChI=1S/C22H30N6O4S.C19H16ClNO4/c1-5-7-17-19-20(27(4)25-17)22(29)24-21(23-19)16-14-15(8-9-18(16)32-6-2)33(30,31)28-12-10-26(3)11-13-28;1-11-15(10-18(22)23)16-9-14(25-2)7-8-17(16)21(11)19(24)12-3-5-13(20)6-4-12/h8-9,14H,5-7,10-13H2,1-4H3,(H,23,24,29);3-9H,10H2,1-2H3,(H,22,23). The number of sulfonamides is 1. The number of aromatic amines is 1. The van der Waals surface area contributed by atoms with Crippen LogP contribution in [0.15, 0.2) is 70.4 Å². The molecule has 15 nitrogen and oxygen atoms in total. The van der Waals surface area contributed by atoms with Crippen LogP contribution in [0.25, 0.3) is 33.3 Å². The van der Waals surface area contributed by atoms with Crippen LogP contribution in [0.2, 0.25) is 5.02 Å². The topological polar surface area (TPSA) is 182 Å². The van der Waals surface area contributed by atoms with Crippen molar-refractivity contribution in [3.05, 3.63) is 98.6 Å². The number of halogens is 1. The Balaban J connectivity index is 0.000000203. The second-order valence-corrected chi connectivity index (χ2v) is 16.3. The summed E-state index contributed by atoms with van der Waals surface area (Å²) in [5.41, 5.74) is 4.07. The van der Waals surface area contributed by atoms with E-state index in [1.807, 2.05) is 20.9 Å². The van der Waals surface area contributed by atoms with Gasteiger partial charge in [-0.25, -0.2) is 13.4 Å². The maximum Gasteiger partial charge on any atom is 0.307 e. The van der Waals surface area contributed by atoms with E-state index < -0.39 is 16.0 Å². The Labute approximate surface area is 340 Å². The lowest BCUT2D eigenvalue weighted by molar-refractivity contribution is -0.136. The molecule has 1 aliphatic heterocycles. The van der Waals surface area contributed by atoms with Gasteiger partial charge in [0.1, 0.15) is 22.8 Å². The molecule has 306 valence electrons. The number of aromatic nitrogens is 5. The zero-order valence-corrected chi connectivity index (χ0v) is 34.8. The van der Waals surface area contributed by atoms with Crippen molar-refractivity contribution in [2.24, 2.45) is 7.05 Å². The molecular weight excluding hydrogens is 786 g/mol. The lowest BCUT2D eigenvalue weighted by atomic mass is 10.1. The number of rotatable bonds is 11. The number of piperazine rings is 1. The molecule has 17 heteroatoms. The van der Waals surface area contributed by atoms with Crippen LogP contribution < -0.4 is 15.0 Å². The lowest BCUT2D eigenvalue weighted by Gasteiger charge is -2.31. The fraction of sp³-hybridized carbons (Fsp3) is 0.341. The Kier molecular flexibility index (Phi) is 12.7. The number of likely N-dealkylation sites (N-methyl/N-ethyl adjacent to an activating group) is 1. The number of ether oxygens (including phenoxy) is 2. The fourth-order valence-corrected chi connectivity index (χ4v) is 8.62. The zero-order chi connectivity index (χ0) is 41.9. The Bertz CT molecular complexity index is 2660. The summed E-state index contributed by atoms with van der Waals surface area (Å²) >= 11 is 5.89. The number of nitrogens with zero attached hydrogens (tertiary/aromatic N) is 6. The van der Waals surface area contributed by atoms with Crippen LogP contribution >= 0.6 is 11.6 Å². The van der Waals surface area contributed by atoms with Crippen LogP contribution in [-0.4, -0.2) is 106 Å². The van der Waals surface area contributed by atoms with Gasteiger partial charge in [0.2, 0.25) is 10.0 Å². The number of methoxy groups -OCH3 is 1. The molecular formula is C41H46ClN7O8S. The first-order chi connectivity index (χ1) is 27.7. The highest BCUT2D eigenvalue weighted by Gasteiger charge is 2.29. The van der Waals surface area contributed by atoms with E-state index in [-0.39, 0.29) is 28.6 Å². The summed E-state index contributed by atoms with van der Waals surface area (Å²) in [5.74, 6) is 0.134. The number of carboxylic acid groups (broad SMARTS) is 1. The molecule has 1 saturated heterocycles. The number of carbonyl (C=O) groups excluding carboxylic acids is 1. The molecule has 6 aromatic rings. The van der Waals surface area contributed by atoms with E-state index in [4.69, 9.17) is 26.1 Å². The molecule has 0 spiro atoms. The summed E-state index contributed by atoms with van der Waals surface area (Å²) in [6, 6.07) is 16.6. The van der Waals surface area contributed by atoms with Gasteiger partial charge in [-0.2, -0.15) is 9.40 Å². The molecule has 3 aromatic carbocycles. The highest BCUT2D eigenvalue weighted by atomic mass is 35.5. The number of H-pyrrole nitrogens is 1. The minimum atomic E-state index is -3.70. The maximum absolute atomic E-state index is 13.3. The van der Waals surface area contributed by atoms with Crippen molar-refractivity contribution in [3.8, 4) is 22.9 Å². The van der Waals surface area contributed by atoms with Crippen LogP contribution in [-0.2, 0) is 34.7 Å². The average Bonchev–Trinajstić information content (AvgIpc) is 3.66. The van der Waals surface area contributed by atoms with E-state index in [0.29, 0.717) is 100 Å². The smallest absolute Gasteiger partial charge is 0.307 e. The molecule has 0 aliphatic carbocycles. The molecule has 0 unspecified atom stereocenters. The minimum absolute atomic E-state index is 0.147. The molecule has 1 aliphatic rings. The number of nitrogens with one attached hydrogen (secondary N) is 1. The summed E-state index contributed by atoms with van der Waals surface area (Å²) in [6.07, 6.45) is 1.37. The van der Waals surface area contributed by atoms with Gasteiger partial charge in [0.25, 0.3) is 11.5 Å². The SMILES string of the molecule is CCCc1nn(C)c2c(=O)[nH]c(-c3cc(S(=O)(=O)N4CCN(C)CC4)ccc3OCC)nc12.COc1ccc2c(c1)c(CC(=O)O)c(C)n2C(=O)c1ccc(Cl)cc1. The third kappa shape index (κ3) is 8.50. The minimum Gasteiger partial charge on any atom is -0.497 e. The second-order valence-electron chi connectivity index (χ2n) is 13.9. The van der Waals surface area contributed by atoms with E-state index in [1.54, 1.807) is 81.7 Å². The van der Waals surface area contributed by atoms with E-state index in [0.717, 1.165) is 12.1 Å². The number of aliphatic carboxylic acids is 1. The van der Waals surface area contributed by atoms with Crippen LogP contribution in [0.4, 0.5) is 0 Å². The van der Waals surface area contributed by atoms with Crippen LogP contribution in [0, 0.1) is 6.92 Å². The molecule has 0 radical (unpaired) electrons. The van der Waals surface area contributed by atoms with Gasteiger partial charge in [0, 0.05) is 54.9 Å². The normalized spacial score (nSPS) is 13.7. The Morgan fingerprint density at radius 1 is 0.983 bits per heavy atom. The molecule has 1 fully saturated rings. The summed E-state index contributed by atoms with van der Waals surface area (Å²) in [6.45, 7) is 8.23.